The average molecular weight is 332 g/mol. The van der Waals surface area contributed by atoms with Gasteiger partial charge < -0.3 is 10.5 Å². The van der Waals surface area contributed by atoms with Gasteiger partial charge in [-0.25, -0.2) is 4.79 Å². The van der Waals surface area contributed by atoms with E-state index in [1.165, 1.54) is 18.2 Å². The summed E-state index contributed by atoms with van der Waals surface area (Å²) >= 11 is 0. The molecular weight excluding hydrogens is 313 g/mol. The summed E-state index contributed by atoms with van der Waals surface area (Å²) in [4.78, 5) is 14.8. The average Bonchev–Trinajstić information content (AvgIpc) is 2.51. The van der Waals surface area contributed by atoms with Gasteiger partial charge in [0.05, 0.1) is 5.56 Å². The number of aliphatic imine (C=N–C) groups is 1. The molecule has 6 nitrogen and oxygen atoms in total. The Hall–Kier alpha value is -2.26. The third-order valence-corrected chi connectivity index (χ3v) is 2.74. The van der Waals surface area contributed by atoms with Gasteiger partial charge in [0.1, 0.15) is 6.04 Å². The molecule has 1 atom stereocenters. The van der Waals surface area contributed by atoms with Crippen LogP contribution in [-0.2, 0) is 11.0 Å². The number of carbonyl (C=O) groups is 1. The fraction of sp³-hybridized carbons (Fsp3) is 0.357. The zero-order valence-corrected chi connectivity index (χ0v) is 12.3. The Morgan fingerprint density at radius 2 is 2.04 bits per heavy atom. The third kappa shape index (κ3) is 7.52. The highest BCUT2D eigenvalue weighted by Crippen LogP contribution is 2.31. The van der Waals surface area contributed by atoms with Crippen LogP contribution in [0.15, 0.2) is 29.3 Å². The number of hydrogen-bond acceptors (Lipinski definition) is 5. The molecule has 0 saturated carbocycles. The molecule has 0 saturated heterocycles. The number of benzene rings is 1. The molecular formula is C14H19F3N4O2. The first kappa shape index (κ1) is 20.7. The second kappa shape index (κ2) is 10.5. The molecule has 1 aromatic rings. The molecule has 0 aliphatic rings. The fourth-order valence-corrected chi connectivity index (χ4v) is 1.70. The maximum absolute atomic E-state index is 12.8. The van der Waals surface area contributed by atoms with Gasteiger partial charge in [0.15, 0.2) is 0 Å². The van der Waals surface area contributed by atoms with Crippen LogP contribution in [0, 0.1) is 5.41 Å². The van der Waals surface area contributed by atoms with Crippen molar-refractivity contribution < 1.29 is 23.1 Å². The molecule has 0 aliphatic carbocycles. The van der Waals surface area contributed by atoms with Gasteiger partial charge in [-0.3, -0.25) is 16.3 Å². The number of hydrazine groups is 1. The van der Waals surface area contributed by atoms with E-state index < -0.39 is 23.8 Å². The van der Waals surface area contributed by atoms with Crippen molar-refractivity contribution in [2.24, 2.45) is 10.8 Å². The third-order valence-electron chi connectivity index (χ3n) is 2.74. The number of carboxylic acids is 1. The molecule has 0 spiro atoms. The van der Waals surface area contributed by atoms with Gasteiger partial charge in [-0.05, 0) is 25.6 Å². The standard InChI is InChI=1S/C13H16F3N3O2.CH3N/c14-13(15,16)10-5-2-1-4-9(10)8-18-11(12(20)21)6-3-7-19-17;1-2/h1-2,4-5,8,11,19H,3,6-7,17H2,(H,20,21);2H,1H2. The summed E-state index contributed by atoms with van der Waals surface area (Å²) in [6.07, 6.45) is -2.92. The van der Waals surface area contributed by atoms with E-state index in [9.17, 15) is 18.0 Å². The largest absolute Gasteiger partial charge is 0.480 e. The Morgan fingerprint density at radius 1 is 1.43 bits per heavy atom. The lowest BCUT2D eigenvalue weighted by Gasteiger charge is -2.10. The van der Waals surface area contributed by atoms with Gasteiger partial charge in [0.2, 0.25) is 0 Å². The molecule has 1 unspecified atom stereocenters. The van der Waals surface area contributed by atoms with Crippen LogP contribution >= 0.6 is 0 Å². The first-order valence-electron chi connectivity index (χ1n) is 6.57. The zero-order valence-electron chi connectivity index (χ0n) is 12.3. The molecule has 5 N–H and O–H groups in total. The van der Waals surface area contributed by atoms with Crippen molar-refractivity contribution in [1.29, 1.82) is 5.41 Å². The van der Waals surface area contributed by atoms with E-state index in [0.717, 1.165) is 12.3 Å². The Bertz CT molecular complexity index is 521. The second-order valence-electron chi connectivity index (χ2n) is 4.31. The number of rotatable bonds is 7. The summed E-state index contributed by atoms with van der Waals surface area (Å²) in [5, 5.41) is 14.5. The van der Waals surface area contributed by atoms with Gasteiger partial charge in [0, 0.05) is 18.3 Å². The number of carboxylic acid groups (broad SMARTS) is 1. The van der Waals surface area contributed by atoms with Crippen molar-refractivity contribution in [2.75, 3.05) is 6.54 Å². The molecule has 9 heteroatoms. The van der Waals surface area contributed by atoms with E-state index in [0.29, 0.717) is 13.0 Å². The van der Waals surface area contributed by atoms with Crippen molar-refractivity contribution in [3.05, 3.63) is 35.4 Å². The first-order valence-corrected chi connectivity index (χ1v) is 6.57. The highest BCUT2D eigenvalue weighted by atomic mass is 19.4. The van der Waals surface area contributed by atoms with Crippen LogP contribution in [0.5, 0.6) is 0 Å². The van der Waals surface area contributed by atoms with Crippen LogP contribution < -0.4 is 11.3 Å². The quantitative estimate of drug-likeness (QED) is 0.265. The van der Waals surface area contributed by atoms with Gasteiger partial charge in [0.25, 0.3) is 0 Å². The lowest BCUT2D eigenvalue weighted by Crippen LogP contribution is -2.25. The number of hydrogen-bond donors (Lipinski definition) is 4. The molecule has 23 heavy (non-hydrogen) atoms. The van der Waals surface area contributed by atoms with Gasteiger partial charge in [-0.2, -0.15) is 13.2 Å². The van der Waals surface area contributed by atoms with E-state index in [1.54, 1.807) is 0 Å². The first-order chi connectivity index (χ1) is 10.9. The molecule has 0 aliphatic heterocycles. The van der Waals surface area contributed by atoms with E-state index in [2.05, 4.69) is 17.1 Å². The molecule has 0 heterocycles. The molecule has 0 fully saturated rings. The Kier molecular flexibility index (Phi) is 9.44. The summed E-state index contributed by atoms with van der Waals surface area (Å²) in [6.45, 7) is 2.90. The van der Waals surface area contributed by atoms with Gasteiger partial charge >= 0.3 is 12.1 Å². The second-order valence-corrected chi connectivity index (χ2v) is 4.31. The molecule has 0 aromatic heterocycles. The highest BCUT2D eigenvalue weighted by Gasteiger charge is 2.32. The predicted octanol–water partition coefficient (Wildman–Crippen LogP) is 2.09. The number of nitrogens with one attached hydrogen (secondary N) is 2. The van der Waals surface area contributed by atoms with Crippen LogP contribution in [0.25, 0.3) is 0 Å². The van der Waals surface area contributed by atoms with Gasteiger partial charge in [-0.1, -0.05) is 18.2 Å². The molecule has 1 rings (SSSR count). The minimum Gasteiger partial charge on any atom is -0.480 e. The summed E-state index contributed by atoms with van der Waals surface area (Å²) in [7, 11) is 0. The molecule has 0 amide bonds. The zero-order chi connectivity index (χ0) is 17.9. The number of halogens is 3. The van der Waals surface area contributed by atoms with Crippen molar-refractivity contribution in [3.8, 4) is 0 Å². The number of nitrogens with zero attached hydrogens (tertiary/aromatic N) is 1. The number of alkyl halides is 3. The van der Waals surface area contributed by atoms with Crippen LogP contribution in [-0.4, -0.2) is 36.6 Å². The van der Waals surface area contributed by atoms with Crippen molar-refractivity contribution in [3.63, 3.8) is 0 Å². The number of nitrogens with two attached hydrogens (primary N) is 1. The van der Waals surface area contributed by atoms with Gasteiger partial charge in [-0.15, -0.1) is 0 Å². The Balaban J connectivity index is 0.00000232. The Morgan fingerprint density at radius 3 is 2.57 bits per heavy atom. The van der Waals surface area contributed by atoms with E-state index in [4.69, 9.17) is 16.4 Å². The Labute approximate surface area is 131 Å². The van der Waals surface area contributed by atoms with Crippen LogP contribution in [0.4, 0.5) is 13.2 Å². The van der Waals surface area contributed by atoms with Crippen molar-refractivity contribution in [2.45, 2.75) is 25.1 Å². The molecule has 0 radical (unpaired) electrons. The fourth-order valence-electron chi connectivity index (χ4n) is 1.70. The lowest BCUT2D eigenvalue weighted by molar-refractivity contribution is -0.138. The van der Waals surface area contributed by atoms with Crippen molar-refractivity contribution >= 4 is 18.9 Å². The summed E-state index contributed by atoms with van der Waals surface area (Å²) in [5.74, 6) is 3.88. The maximum Gasteiger partial charge on any atom is 0.417 e. The minimum absolute atomic E-state index is 0.159. The summed E-state index contributed by atoms with van der Waals surface area (Å²) in [6, 6.07) is 3.77. The van der Waals surface area contributed by atoms with Crippen LogP contribution in [0.3, 0.4) is 0 Å². The van der Waals surface area contributed by atoms with E-state index >= 15 is 0 Å². The van der Waals surface area contributed by atoms with E-state index in [1.807, 2.05) is 0 Å². The smallest absolute Gasteiger partial charge is 0.417 e. The molecule has 128 valence electrons. The predicted molar refractivity (Wildman–Crippen MR) is 81.7 cm³/mol. The van der Waals surface area contributed by atoms with Crippen LogP contribution in [0.1, 0.15) is 24.0 Å². The molecule has 0 bridgehead atoms. The molecule has 1 aromatic carbocycles. The maximum atomic E-state index is 12.8. The van der Waals surface area contributed by atoms with E-state index in [-0.39, 0.29) is 12.0 Å². The normalized spacial score (nSPS) is 12.5. The van der Waals surface area contributed by atoms with Crippen LogP contribution in [0.2, 0.25) is 0 Å². The topological polar surface area (TPSA) is 112 Å². The number of aliphatic carboxylic acids is 1. The SMILES string of the molecule is C=N.NNCCCC(N=Cc1ccccc1C(F)(F)F)C(=O)O. The monoisotopic (exact) mass is 332 g/mol. The highest BCUT2D eigenvalue weighted by molar-refractivity contribution is 5.85. The summed E-state index contributed by atoms with van der Waals surface area (Å²) < 4.78 is 38.3. The van der Waals surface area contributed by atoms with Crippen molar-refractivity contribution in [1.82, 2.24) is 5.43 Å². The minimum atomic E-state index is -4.51. The lowest BCUT2D eigenvalue weighted by atomic mass is 10.1. The summed E-state index contributed by atoms with van der Waals surface area (Å²) in [5.41, 5.74) is 1.37.